The lowest BCUT2D eigenvalue weighted by atomic mass is 10.1. The molecule has 1 amide bonds. The summed E-state index contributed by atoms with van der Waals surface area (Å²) in [4.78, 5) is 11.7. The van der Waals surface area contributed by atoms with Crippen LogP contribution in [0.4, 0.5) is 0 Å². The van der Waals surface area contributed by atoms with E-state index in [0.29, 0.717) is 12.8 Å². The van der Waals surface area contributed by atoms with Gasteiger partial charge in [0.25, 0.3) is 0 Å². The molecule has 0 aromatic carbocycles. The van der Waals surface area contributed by atoms with Gasteiger partial charge in [0, 0.05) is 18.9 Å². The third kappa shape index (κ3) is 3.10. The van der Waals surface area contributed by atoms with Crippen LogP contribution in [0.3, 0.4) is 0 Å². The van der Waals surface area contributed by atoms with E-state index in [-0.39, 0.29) is 17.9 Å². The van der Waals surface area contributed by atoms with E-state index in [1.54, 1.807) is 6.26 Å². The first-order chi connectivity index (χ1) is 8.29. The van der Waals surface area contributed by atoms with Crippen molar-refractivity contribution in [2.75, 3.05) is 0 Å². The number of nitrogens with one attached hydrogen (secondary N) is 1. The Morgan fingerprint density at radius 3 is 3.18 bits per heavy atom. The van der Waals surface area contributed by atoms with Crippen LogP contribution in [-0.4, -0.2) is 11.9 Å². The molecule has 2 atom stereocenters. The van der Waals surface area contributed by atoms with Gasteiger partial charge in [0.2, 0.25) is 5.91 Å². The Bertz CT molecular complexity index is 406. The third-order valence-electron chi connectivity index (χ3n) is 3.21. The molecule has 1 heterocycles. The Morgan fingerprint density at radius 1 is 1.59 bits per heavy atom. The highest BCUT2D eigenvalue weighted by molar-refractivity contribution is 5.76. The minimum absolute atomic E-state index is 0.00792. The Kier molecular flexibility index (Phi) is 3.81. The maximum Gasteiger partial charge on any atom is 0.220 e. The molecular formula is C13H16N2O2. The number of carbonyl (C=O) groups excluding carboxylic acids is 1. The fourth-order valence-electron chi connectivity index (χ4n) is 2.26. The fraction of sp³-hybridized carbons (Fsp3) is 0.538. The van der Waals surface area contributed by atoms with Gasteiger partial charge in [0.05, 0.1) is 18.3 Å². The van der Waals surface area contributed by atoms with Crippen LogP contribution in [0.25, 0.3) is 0 Å². The number of hydrogen-bond acceptors (Lipinski definition) is 3. The quantitative estimate of drug-likeness (QED) is 0.863. The molecule has 0 bridgehead atoms. The maximum atomic E-state index is 11.7. The van der Waals surface area contributed by atoms with Crippen molar-refractivity contribution < 1.29 is 9.21 Å². The topological polar surface area (TPSA) is 66.0 Å². The molecule has 17 heavy (non-hydrogen) atoms. The number of furan rings is 1. The summed E-state index contributed by atoms with van der Waals surface area (Å²) in [5, 5.41) is 11.9. The summed E-state index contributed by atoms with van der Waals surface area (Å²) in [6.45, 7) is 0. The van der Waals surface area contributed by atoms with E-state index in [9.17, 15) is 4.79 Å². The molecule has 0 aliphatic heterocycles. The van der Waals surface area contributed by atoms with Crippen LogP contribution < -0.4 is 5.32 Å². The van der Waals surface area contributed by atoms with E-state index in [1.165, 1.54) is 0 Å². The smallest absolute Gasteiger partial charge is 0.220 e. The molecular weight excluding hydrogens is 216 g/mol. The lowest BCUT2D eigenvalue weighted by molar-refractivity contribution is -0.121. The second-order valence-electron chi connectivity index (χ2n) is 4.42. The summed E-state index contributed by atoms with van der Waals surface area (Å²) in [6.07, 6.45) is 5.49. The molecule has 2 unspecified atom stereocenters. The lowest BCUT2D eigenvalue weighted by Crippen LogP contribution is -2.36. The van der Waals surface area contributed by atoms with Gasteiger partial charge >= 0.3 is 0 Å². The van der Waals surface area contributed by atoms with Crippen LogP contribution in [0.1, 0.15) is 31.4 Å². The van der Waals surface area contributed by atoms with Crippen LogP contribution in [-0.2, 0) is 11.2 Å². The Hall–Kier alpha value is -1.76. The molecule has 90 valence electrons. The third-order valence-corrected chi connectivity index (χ3v) is 3.21. The number of nitriles is 1. The highest BCUT2D eigenvalue weighted by Gasteiger charge is 2.28. The van der Waals surface area contributed by atoms with E-state index in [2.05, 4.69) is 11.4 Å². The van der Waals surface area contributed by atoms with E-state index in [0.717, 1.165) is 25.0 Å². The van der Waals surface area contributed by atoms with Crippen molar-refractivity contribution in [2.45, 2.75) is 38.1 Å². The first-order valence-corrected chi connectivity index (χ1v) is 6.01. The summed E-state index contributed by atoms with van der Waals surface area (Å²) in [6, 6.07) is 5.98. The number of nitrogens with zero attached hydrogens (tertiary/aromatic N) is 1. The van der Waals surface area contributed by atoms with Gasteiger partial charge in [0.15, 0.2) is 0 Å². The second kappa shape index (κ2) is 5.53. The summed E-state index contributed by atoms with van der Waals surface area (Å²) in [5.41, 5.74) is 0. The van der Waals surface area contributed by atoms with E-state index in [1.807, 2.05) is 12.1 Å². The van der Waals surface area contributed by atoms with E-state index in [4.69, 9.17) is 9.68 Å². The summed E-state index contributed by atoms with van der Waals surface area (Å²) >= 11 is 0. The fourth-order valence-corrected chi connectivity index (χ4v) is 2.26. The molecule has 4 nitrogen and oxygen atoms in total. The monoisotopic (exact) mass is 232 g/mol. The first kappa shape index (κ1) is 11.7. The van der Waals surface area contributed by atoms with Crippen LogP contribution in [0.15, 0.2) is 22.8 Å². The standard InChI is InChI=1S/C13H16N2O2/c14-9-10-3-1-5-12(10)15-13(16)7-6-11-4-2-8-17-11/h2,4,8,10,12H,1,3,5-7H2,(H,15,16). The van der Waals surface area contributed by atoms with Gasteiger partial charge in [-0.25, -0.2) is 0 Å². The van der Waals surface area contributed by atoms with Crippen molar-refractivity contribution in [3.05, 3.63) is 24.2 Å². The molecule has 1 saturated carbocycles. The van der Waals surface area contributed by atoms with Crippen molar-refractivity contribution in [1.29, 1.82) is 5.26 Å². The molecule has 2 rings (SSSR count). The van der Waals surface area contributed by atoms with Crippen LogP contribution in [0, 0.1) is 17.2 Å². The highest BCUT2D eigenvalue weighted by Crippen LogP contribution is 2.24. The molecule has 4 heteroatoms. The van der Waals surface area contributed by atoms with Crippen LogP contribution in [0.2, 0.25) is 0 Å². The lowest BCUT2D eigenvalue weighted by Gasteiger charge is -2.15. The van der Waals surface area contributed by atoms with Gasteiger partial charge in [-0.1, -0.05) is 0 Å². The zero-order chi connectivity index (χ0) is 12.1. The van der Waals surface area contributed by atoms with E-state index >= 15 is 0 Å². The number of rotatable bonds is 4. The minimum atomic E-state index is -0.0115. The van der Waals surface area contributed by atoms with Crippen LogP contribution >= 0.6 is 0 Å². The van der Waals surface area contributed by atoms with Crippen molar-refractivity contribution >= 4 is 5.91 Å². The number of carbonyl (C=O) groups is 1. The van der Waals surface area contributed by atoms with Crippen molar-refractivity contribution in [2.24, 2.45) is 5.92 Å². The predicted octanol–water partition coefficient (Wildman–Crippen LogP) is 2.02. The minimum Gasteiger partial charge on any atom is -0.469 e. The Balaban J connectivity index is 1.76. The van der Waals surface area contributed by atoms with Crippen molar-refractivity contribution in [3.8, 4) is 6.07 Å². The molecule has 1 aliphatic carbocycles. The van der Waals surface area contributed by atoms with Gasteiger partial charge in [-0.05, 0) is 31.4 Å². The van der Waals surface area contributed by atoms with Gasteiger partial charge in [-0.3, -0.25) is 4.79 Å². The molecule has 0 radical (unpaired) electrons. The number of amides is 1. The molecule has 1 N–H and O–H groups in total. The summed E-state index contributed by atoms with van der Waals surface area (Å²) < 4.78 is 5.16. The normalized spacial score (nSPS) is 23.2. The van der Waals surface area contributed by atoms with Crippen molar-refractivity contribution in [3.63, 3.8) is 0 Å². The van der Waals surface area contributed by atoms with Gasteiger partial charge < -0.3 is 9.73 Å². The Morgan fingerprint density at radius 2 is 2.47 bits per heavy atom. The molecule has 0 saturated heterocycles. The zero-order valence-corrected chi connectivity index (χ0v) is 9.69. The second-order valence-corrected chi connectivity index (χ2v) is 4.42. The van der Waals surface area contributed by atoms with Gasteiger partial charge in [-0.15, -0.1) is 0 Å². The van der Waals surface area contributed by atoms with Gasteiger partial charge in [-0.2, -0.15) is 5.26 Å². The zero-order valence-electron chi connectivity index (χ0n) is 9.69. The predicted molar refractivity (Wildman–Crippen MR) is 61.9 cm³/mol. The SMILES string of the molecule is N#CC1CCCC1NC(=O)CCc1ccco1. The van der Waals surface area contributed by atoms with E-state index < -0.39 is 0 Å². The molecule has 0 spiro atoms. The number of hydrogen-bond donors (Lipinski definition) is 1. The van der Waals surface area contributed by atoms with Gasteiger partial charge in [0.1, 0.15) is 5.76 Å². The average molecular weight is 232 g/mol. The largest absolute Gasteiger partial charge is 0.469 e. The number of aryl methyl sites for hydroxylation is 1. The highest BCUT2D eigenvalue weighted by atomic mass is 16.3. The molecule has 1 aliphatic rings. The maximum absolute atomic E-state index is 11.7. The molecule has 1 aromatic rings. The molecule has 1 fully saturated rings. The average Bonchev–Trinajstić information content (AvgIpc) is 2.97. The summed E-state index contributed by atoms with van der Waals surface area (Å²) in [5.74, 6) is 0.819. The first-order valence-electron chi connectivity index (χ1n) is 6.01. The van der Waals surface area contributed by atoms with Crippen LogP contribution in [0.5, 0.6) is 0 Å². The summed E-state index contributed by atoms with van der Waals surface area (Å²) in [7, 11) is 0. The van der Waals surface area contributed by atoms with Crippen molar-refractivity contribution in [1.82, 2.24) is 5.32 Å². The molecule has 1 aromatic heterocycles. The Labute approximate surface area is 101 Å².